The quantitative estimate of drug-likeness (QED) is 0.0781. The molecular formula is C30H24F6N4O4. The van der Waals surface area contributed by atoms with Crippen LogP contribution in [0.5, 0.6) is 11.5 Å². The largest absolute Gasteiger partial charge is 0.506 e. The van der Waals surface area contributed by atoms with E-state index in [9.17, 15) is 46.1 Å². The lowest BCUT2D eigenvalue weighted by Gasteiger charge is -2.38. The molecule has 0 aliphatic carbocycles. The molecule has 0 aliphatic heterocycles. The van der Waals surface area contributed by atoms with Crippen molar-refractivity contribution in [3.05, 3.63) is 107 Å². The Morgan fingerprint density at radius 1 is 0.659 bits per heavy atom. The zero-order valence-corrected chi connectivity index (χ0v) is 22.6. The first-order valence-corrected chi connectivity index (χ1v) is 12.6. The summed E-state index contributed by atoms with van der Waals surface area (Å²) < 4.78 is 89.1. The molecule has 0 saturated carbocycles. The van der Waals surface area contributed by atoms with E-state index < -0.39 is 63.6 Å². The summed E-state index contributed by atoms with van der Waals surface area (Å²) in [4.78, 5) is 25.5. The molecule has 8 nitrogen and oxygen atoms in total. The molecule has 4 rings (SSSR count). The maximum absolute atomic E-state index is 14.8. The first kappa shape index (κ1) is 31.5. The predicted octanol–water partition coefficient (Wildman–Crippen LogP) is 6.64. The molecule has 230 valence electrons. The number of alkyl halides is 6. The van der Waals surface area contributed by atoms with Gasteiger partial charge in [-0.25, -0.2) is 0 Å². The first-order chi connectivity index (χ1) is 20.6. The fourth-order valence-electron chi connectivity index (χ4n) is 4.61. The van der Waals surface area contributed by atoms with Crippen molar-refractivity contribution < 1.29 is 46.1 Å². The normalized spacial score (nSPS) is 12.0. The highest BCUT2D eigenvalue weighted by Crippen LogP contribution is 2.57. The number of hydrogen-bond donors (Lipinski definition) is 6. The maximum Gasteiger partial charge on any atom is 0.411 e. The molecule has 0 bridgehead atoms. The van der Waals surface area contributed by atoms with Gasteiger partial charge in [0.1, 0.15) is 11.5 Å². The van der Waals surface area contributed by atoms with Gasteiger partial charge in [-0.05, 0) is 71.8 Å². The van der Waals surface area contributed by atoms with Gasteiger partial charge in [0.05, 0.1) is 11.4 Å². The summed E-state index contributed by atoms with van der Waals surface area (Å²) in [6.07, 6.45) is -12.1. The lowest BCUT2D eigenvalue weighted by Crippen LogP contribution is -2.54. The summed E-state index contributed by atoms with van der Waals surface area (Å²) in [6, 6.07) is 13.9. The number of carbonyl (C=O) groups excluding carboxylic acids is 2. The smallest absolute Gasteiger partial charge is 0.411 e. The van der Waals surface area contributed by atoms with E-state index >= 15 is 0 Å². The predicted molar refractivity (Wildman–Crippen MR) is 152 cm³/mol. The van der Waals surface area contributed by atoms with E-state index in [0.717, 1.165) is 0 Å². The third kappa shape index (κ3) is 5.91. The van der Waals surface area contributed by atoms with Crippen LogP contribution in [-0.2, 0) is 5.41 Å². The number of rotatable bonds is 7. The summed E-state index contributed by atoms with van der Waals surface area (Å²) in [5.74, 6) is -3.50. The molecule has 0 atom stereocenters. The number of phenolic OH excluding ortho intramolecular Hbond substituents is 2. The fraction of sp³-hybridized carbons (Fsp3) is 0.133. The maximum atomic E-state index is 14.8. The van der Waals surface area contributed by atoms with Gasteiger partial charge in [-0.1, -0.05) is 24.3 Å². The third-order valence-corrected chi connectivity index (χ3v) is 6.77. The van der Waals surface area contributed by atoms with Crippen molar-refractivity contribution in [2.75, 3.05) is 28.7 Å². The number of amides is 2. The van der Waals surface area contributed by atoms with Crippen LogP contribution in [0.4, 0.5) is 49.1 Å². The van der Waals surface area contributed by atoms with Crippen LogP contribution < -0.4 is 21.7 Å². The number of anilines is 4. The number of aromatic hydroxyl groups is 2. The number of carbonyl (C=O) groups is 2. The molecule has 0 fully saturated rings. The number of benzene rings is 4. The Morgan fingerprint density at radius 2 is 1.11 bits per heavy atom. The van der Waals surface area contributed by atoms with Crippen LogP contribution in [-0.4, -0.2) is 41.4 Å². The minimum atomic E-state index is -6.06. The van der Waals surface area contributed by atoms with Crippen molar-refractivity contribution in [3.63, 3.8) is 0 Å². The molecule has 14 heteroatoms. The third-order valence-electron chi connectivity index (χ3n) is 6.77. The topological polar surface area (TPSA) is 137 Å². The Hall–Kier alpha value is -5.40. The fourth-order valence-corrected chi connectivity index (χ4v) is 4.61. The molecule has 4 aromatic rings. The molecule has 7 N–H and O–H groups in total. The van der Waals surface area contributed by atoms with Crippen LogP contribution in [0.3, 0.4) is 0 Å². The molecule has 0 radical (unpaired) electrons. The van der Waals surface area contributed by atoms with E-state index in [4.69, 9.17) is 5.73 Å². The molecule has 44 heavy (non-hydrogen) atoms. The van der Waals surface area contributed by atoms with Crippen molar-refractivity contribution in [2.45, 2.75) is 17.8 Å². The van der Waals surface area contributed by atoms with Gasteiger partial charge in [0.15, 0.2) is 0 Å². The number of hydrogen-bond acceptors (Lipinski definition) is 6. The Labute approximate surface area is 246 Å². The molecule has 0 aliphatic rings. The van der Waals surface area contributed by atoms with Gasteiger partial charge >= 0.3 is 12.4 Å². The molecule has 4 aromatic carbocycles. The van der Waals surface area contributed by atoms with Crippen LogP contribution in [0.1, 0.15) is 31.8 Å². The number of phenols is 2. The van der Waals surface area contributed by atoms with Gasteiger partial charge in [0.2, 0.25) is 5.41 Å². The molecule has 0 heterocycles. The van der Waals surface area contributed by atoms with E-state index in [1.807, 2.05) is 0 Å². The van der Waals surface area contributed by atoms with Crippen LogP contribution in [0.2, 0.25) is 0 Å². The molecule has 0 saturated heterocycles. The van der Waals surface area contributed by atoms with Gasteiger partial charge in [-0.2, -0.15) is 26.3 Å². The summed E-state index contributed by atoms with van der Waals surface area (Å²) in [6.45, 7) is 0. The highest BCUT2D eigenvalue weighted by atomic mass is 19.4. The van der Waals surface area contributed by atoms with Gasteiger partial charge in [-0.15, -0.1) is 0 Å². The lowest BCUT2D eigenvalue weighted by atomic mass is 9.72. The second-order valence-corrected chi connectivity index (χ2v) is 9.57. The highest BCUT2D eigenvalue weighted by Gasteiger charge is 2.72. The number of halogens is 6. The summed E-state index contributed by atoms with van der Waals surface area (Å²) >= 11 is 0. The van der Waals surface area contributed by atoms with Crippen molar-refractivity contribution in [2.24, 2.45) is 0 Å². The molecule has 2 amide bonds. The Balaban J connectivity index is 1.85. The monoisotopic (exact) mass is 618 g/mol. The van der Waals surface area contributed by atoms with Crippen molar-refractivity contribution in [1.29, 1.82) is 0 Å². The van der Waals surface area contributed by atoms with Gasteiger partial charge in [0.25, 0.3) is 11.8 Å². The van der Waals surface area contributed by atoms with Crippen molar-refractivity contribution >= 4 is 34.6 Å². The summed E-state index contributed by atoms with van der Waals surface area (Å²) in [5, 5.41) is 27.6. The standard InChI is InChI=1S/C30H24F6N4O4/c1-38-21-7-3-5-17(13-21)27(44)40-23-15-19(9-11-25(23)42)28(29(31,32)33,30(34,35)36)18-8-10-24(41)22(14-18)39-26(43)16-4-2-6-20(37)12-16/h2-15,38,41-42H,37H2,1H3,(H,39,43)(H,40,44). The van der Waals surface area contributed by atoms with E-state index in [-0.39, 0.29) is 16.8 Å². The van der Waals surface area contributed by atoms with Crippen LogP contribution >= 0.6 is 0 Å². The number of nitrogens with one attached hydrogen (secondary N) is 3. The van der Waals surface area contributed by atoms with Crippen LogP contribution in [0.25, 0.3) is 0 Å². The summed E-state index contributed by atoms with van der Waals surface area (Å²) in [7, 11) is 1.57. The van der Waals surface area contributed by atoms with Crippen molar-refractivity contribution in [1.82, 2.24) is 0 Å². The number of nitrogen functional groups attached to an aromatic ring is 1. The van der Waals surface area contributed by atoms with E-state index in [0.29, 0.717) is 42.1 Å². The zero-order valence-electron chi connectivity index (χ0n) is 22.6. The molecular weight excluding hydrogens is 594 g/mol. The second-order valence-electron chi connectivity index (χ2n) is 9.57. The highest BCUT2D eigenvalue weighted by molar-refractivity contribution is 6.06. The zero-order chi connectivity index (χ0) is 32.4. The lowest BCUT2D eigenvalue weighted by molar-refractivity contribution is -0.288. The van der Waals surface area contributed by atoms with Crippen LogP contribution in [0.15, 0.2) is 84.9 Å². The Kier molecular flexibility index (Phi) is 8.39. The van der Waals surface area contributed by atoms with Crippen molar-refractivity contribution in [3.8, 4) is 11.5 Å². The molecule has 0 unspecified atom stereocenters. The summed E-state index contributed by atoms with van der Waals surface area (Å²) in [5.41, 5.74) is -2.83. The van der Waals surface area contributed by atoms with Gasteiger partial charge in [0, 0.05) is 29.5 Å². The Bertz CT molecular complexity index is 1710. The van der Waals surface area contributed by atoms with E-state index in [1.165, 1.54) is 42.5 Å². The minimum absolute atomic E-state index is 0.00125. The van der Waals surface area contributed by atoms with Crippen LogP contribution in [0, 0.1) is 0 Å². The van der Waals surface area contributed by atoms with Gasteiger partial charge < -0.3 is 31.9 Å². The molecule has 0 aromatic heterocycles. The average molecular weight is 619 g/mol. The second kappa shape index (κ2) is 11.7. The first-order valence-electron chi connectivity index (χ1n) is 12.6. The number of nitrogens with two attached hydrogens (primary N) is 1. The van der Waals surface area contributed by atoms with E-state index in [1.54, 1.807) is 13.1 Å². The minimum Gasteiger partial charge on any atom is -0.506 e. The van der Waals surface area contributed by atoms with E-state index in [2.05, 4.69) is 16.0 Å². The van der Waals surface area contributed by atoms with Gasteiger partial charge in [-0.3, -0.25) is 9.59 Å². The average Bonchev–Trinajstić information content (AvgIpc) is 2.95. The SMILES string of the molecule is CNc1cccc(C(=O)Nc2cc(C(c3ccc(O)c(NC(=O)c4cccc(N)c4)c3)(C(F)(F)F)C(F)(F)F)ccc2O)c1. The Morgan fingerprint density at radius 3 is 1.55 bits per heavy atom. The molecule has 0 spiro atoms.